The number of amides is 1. The third-order valence-electron chi connectivity index (χ3n) is 11.2. The number of nitrogens with zero attached hydrogens (tertiary/aromatic N) is 1. The number of methoxy groups -OCH3 is 2. The molecule has 1 aromatic rings. The van der Waals surface area contributed by atoms with E-state index in [1.54, 1.807) is 26.0 Å². The number of ether oxygens (including phenoxy) is 2. The SMILES string of the molecule is COc1cc(CN(C[C@@]2(O)CC[C@@]3(C)[C@@H](CC[C@@H]4[C@@H]3CC[C@]3(C)C(=O)CC[C@@H]43)C2)C(C)=O)cc(OC)c1. The molecule has 0 saturated heterocycles. The Bertz CT molecular complexity index is 1030. The Kier molecular flexibility index (Phi) is 6.87. The molecule has 1 N–H and O–H groups in total. The van der Waals surface area contributed by atoms with Gasteiger partial charge in [0.15, 0.2) is 0 Å². The number of fused-ring (bicyclic) bond motifs is 5. The van der Waals surface area contributed by atoms with Crippen molar-refractivity contribution in [2.45, 2.75) is 90.7 Å². The van der Waals surface area contributed by atoms with Gasteiger partial charge in [0.1, 0.15) is 17.3 Å². The summed E-state index contributed by atoms with van der Waals surface area (Å²) in [7, 11) is 3.24. The second kappa shape index (κ2) is 9.59. The van der Waals surface area contributed by atoms with E-state index in [-0.39, 0.29) is 16.7 Å². The van der Waals surface area contributed by atoms with Crippen molar-refractivity contribution < 1.29 is 24.2 Å². The number of hydrogen-bond acceptors (Lipinski definition) is 5. The number of rotatable bonds is 6. The van der Waals surface area contributed by atoms with Crippen LogP contribution >= 0.6 is 0 Å². The summed E-state index contributed by atoms with van der Waals surface area (Å²) in [4.78, 5) is 27.2. The van der Waals surface area contributed by atoms with E-state index in [0.29, 0.717) is 54.0 Å². The lowest BCUT2D eigenvalue weighted by Crippen LogP contribution is -2.58. The van der Waals surface area contributed by atoms with Crippen molar-refractivity contribution in [2.75, 3.05) is 20.8 Å². The molecule has 5 rings (SSSR count). The summed E-state index contributed by atoms with van der Waals surface area (Å²) in [5.41, 5.74) is 0.166. The Morgan fingerprint density at radius 3 is 2.35 bits per heavy atom. The highest BCUT2D eigenvalue weighted by Gasteiger charge is 2.61. The number of Topliss-reactive ketones (excluding diaryl/α,β-unsaturated/α-hetero) is 1. The lowest BCUT2D eigenvalue weighted by atomic mass is 9.44. The fraction of sp³-hybridized carbons (Fsp3) is 0.742. The van der Waals surface area contributed by atoms with Crippen LogP contribution in [-0.4, -0.2) is 48.1 Å². The minimum atomic E-state index is -0.877. The van der Waals surface area contributed by atoms with Gasteiger partial charge in [0.25, 0.3) is 0 Å². The molecule has 1 aromatic carbocycles. The predicted octanol–water partition coefficient (Wildman–Crippen LogP) is 5.40. The fourth-order valence-corrected chi connectivity index (χ4v) is 9.05. The lowest BCUT2D eigenvalue weighted by Gasteiger charge is -2.61. The third kappa shape index (κ3) is 4.57. The van der Waals surface area contributed by atoms with E-state index < -0.39 is 5.60 Å². The average molecular weight is 512 g/mol. The molecule has 7 atom stereocenters. The van der Waals surface area contributed by atoms with Gasteiger partial charge in [-0.1, -0.05) is 13.8 Å². The Morgan fingerprint density at radius 1 is 1.00 bits per heavy atom. The van der Waals surface area contributed by atoms with Crippen molar-refractivity contribution in [3.63, 3.8) is 0 Å². The fourth-order valence-electron chi connectivity index (χ4n) is 9.05. The molecule has 0 heterocycles. The first-order valence-electron chi connectivity index (χ1n) is 14.2. The molecule has 4 fully saturated rings. The molecule has 0 spiro atoms. The van der Waals surface area contributed by atoms with Gasteiger partial charge in [-0.25, -0.2) is 0 Å². The van der Waals surface area contributed by atoms with Gasteiger partial charge in [-0.3, -0.25) is 9.59 Å². The van der Waals surface area contributed by atoms with Gasteiger partial charge in [0.2, 0.25) is 5.91 Å². The van der Waals surface area contributed by atoms with E-state index >= 15 is 0 Å². The van der Waals surface area contributed by atoms with E-state index in [2.05, 4.69) is 13.8 Å². The molecule has 6 heteroatoms. The second-order valence-corrected chi connectivity index (χ2v) is 13.1. The topological polar surface area (TPSA) is 76.1 Å². The summed E-state index contributed by atoms with van der Waals surface area (Å²) >= 11 is 0. The molecule has 4 saturated carbocycles. The zero-order valence-electron chi connectivity index (χ0n) is 23.3. The molecule has 204 valence electrons. The Balaban J connectivity index is 1.30. The molecule has 37 heavy (non-hydrogen) atoms. The van der Waals surface area contributed by atoms with Crippen LogP contribution in [0, 0.1) is 34.5 Å². The van der Waals surface area contributed by atoms with Crippen molar-refractivity contribution in [2.24, 2.45) is 34.5 Å². The number of ketones is 1. The molecule has 4 aliphatic rings. The number of carbonyl (C=O) groups excluding carboxylic acids is 2. The van der Waals surface area contributed by atoms with Crippen molar-refractivity contribution in [3.8, 4) is 11.5 Å². The molecule has 0 radical (unpaired) electrons. The summed E-state index contributed by atoms with van der Waals surface area (Å²) in [5.74, 6) is 4.14. The first-order valence-corrected chi connectivity index (χ1v) is 14.2. The molecule has 0 aliphatic heterocycles. The zero-order valence-corrected chi connectivity index (χ0v) is 23.3. The van der Waals surface area contributed by atoms with Gasteiger partial charge in [-0.2, -0.15) is 0 Å². The summed E-state index contributed by atoms with van der Waals surface area (Å²) in [6, 6.07) is 5.67. The van der Waals surface area contributed by atoms with Crippen molar-refractivity contribution in [1.82, 2.24) is 4.90 Å². The number of carbonyl (C=O) groups is 2. The van der Waals surface area contributed by atoms with E-state index in [9.17, 15) is 14.7 Å². The lowest BCUT2D eigenvalue weighted by molar-refractivity contribution is -0.161. The molecule has 0 bridgehead atoms. The number of benzene rings is 1. The maximum atomic E-state index is 12.7. The number of hydrogen-bond donors (Lipinski definition) is 1. The van der Waals surface area contributed by atoms with Crippen LogP contribution in [0.5, 0.6) is 11.5 Å². The summed E-state index contributed by atoms with van der Waals surface area (Å²) in [5, 5.41) is 11.9. The van der Waals surface area contributed by atoms with Gasteiger partial charge in [-0.15, -0.1) is 0 Å². The third-order valence-corrected chi connectivity index (χ3v) is 11.2. The van der Waals surface area contributed by atoms with Gasteiger partial charge >= 0.3 is 0 Å². The highest BCUT2D eigenvalue weighted by atomic mass is 16.5. The maximum absolute atomic E-state index is 12.7. The molecule has 0 aromatic heterocycles. The van der Waals surface area contributed by atoms with Gasteiger partial charge in [-0.05, 0) is 98.1 Å². The molecule has 6 nitrogen and oxygen atoms in total. The van der Waals surface area contributed by atoms with Crippen molar-refractivity contribution in [1.29, 1.82) is 0 Å². The zero-order chi connectivity index (χ0) is 26.6. The molecular weight excluding hydrogens is 466 g/mol. The predicted molar refractivity (Wildman–Crippen MR) is 142 cm³/mol. The van der Waals surface area contributed by atoms with Crippen LogP contribution in [0.2, 0.25) is 0 Å². The van der Waals surface area contributed by atoms with Crippen molar-refractivity contribution >= 4 is 11.7 Å². The monoisotopic (exact) mass is 511 g/mol. The largest absolute Gasteiger partial charge is 0.497 e. The van der Waals surface area contributed by atoms with Crippen LogP contribution in [0.15, 0.2) is 18.2 Å². The Hall–Kier alpha value is -2.08. The highest BCUT2D eigenvalue weighted by Crippen LogP contribution is 2.66. The number of aliphatic hydroxyl groups is 1. The van der Waals surface area contributed by atoms with E-state index in [4.69, 9.17) is 9.47 Å². The molecule has 1 amide bonds. The van der Waals surface area contributed by atoms with Gasteiger partial charge in [0, 0.05) is 37.9 Å². The Morgan fingerprint density at radius 2 is 1.70 bits per heavy atom. The van der Waals surface area contributed by atoms with Crippen LogP contribution in [0.25, 0.3) is 0 Å². The van der Waals surface area contributed by atoms with Crippen molar-refractivity contribution in [3.05, 3.63) is 23.8 Å². The minimum absolute atomic E-state index is 0.0373. The standard InChI is InChI=1S/C31H45NO5/c1-20(33)32(18-21-14-23(36-4)16-24(15-21)37-5)19-31(35)13-12-29(2)22(17-31)6-7-25-26-8-9-28(34)30(26,3)11-10-27(25)29/h14-16,22,25-27,35H,6-13,17-19H2,1-5H3/t22-,25-,26-,27-,29-,30-,31+/m0/s1. The van der Waals surface area contributed by atoms with Gasteiger partial charge in [0.05, 0.1) is 19.8 Å². The minimum Gasteiger partial charge on any atom is -0.497 e. The summed E-state index contributed by atoms with van der Waals surface area (Å²) in [6.45, 7) is 7.05. The smallest absolute Gasteiger partial charge is 0.219 e. The van der Waals surface area contributed by atoms with E-state index in [0.717, 1.165) is 56.9 Å². The van der Waals surface area contributed by atoms with Crippen LogP contribution in [0.3, 0.4) is 0 Å². The van der Waals surface area contributed by atoms with Crippen LogP contribution in [0.1, 0.15) is 84.1 Å². The first kappa shape index (κ1) is 26.5. The molecular formula is C31H45NO5. The summed E-state index contributed by atoms with van der Waals surface area (Å²) in [6.07, 6.45) is 8.77. The van der Waals surface area contributed by atoms with Crippen LogP contribution in [-0.2, 0) is 16.1 Å². The van der Waals surface area contributed by atoms with E-state index in [1.807, 2.05) is 18.2 Å². The quantitative estimate of drug-likeness (QED) is 0.554. The van der Waals surface area contributed by atoms with E-state index in [1.165, 1.54) is 6.42 Å². The second-order valence-electron chi connectivity index (χ2n) is 13.1. The summed E-state index contributed by atoms with van der Waals surface area (Å²) < 4.78 is 10.8. The Labute approximate surface area is 222 Å². The first-order chi connectivity index (χ1) is 17.5. The average Bonchev–Trinajstić information content (AvgIpc) is 3.18. The maximum Gasteiger partial charge on any atom is 0.219 e. The molecule has 0 unspecified atom stereocenters. The van der Waals surface area contributed by atoms with Crippen LogP contribution < -0.4 is 9.47 Å². The van der Waals surface area contributed by atoms with Crippen LogP contribution in [0.4, 0.5) is 0 Å². The normalized spacial score (nSPS) is 38.8. The van der Waals surface area contributed by atoms with Gasteiger partial charge < -0.3 is 19.5 Å². The highest BCUT2D eigenvalue weighted by molar-refractivity contribution is 5.87. The molecule has 4 aliphatic carbocycles.